The van der Waals surface area contributed by atoms with Gasteiger partial charge in [-0.25, -0.2) is 8.42 Å². The molecule has 4 aromatic rings. The van der Waals surface area contributed by atoms with Crippen molar-refractivity contribution in [2.75, 3.05) is 33.2 Å². The maximum Gasteiger partial charge on any atom is 0.243 e. The van der Waals surface area contributed by atoms with E-state index in [1.165, 1.54) is 70.5 Å². The number of aromatic nitrogens is 4. The second-order valence-corrected chi connectivity index (χ2v) is 10.9. The van der Waals surface area contributed by atoms with Crippen LogP contribution in [-0.2, 0) is 14.8 Å². The lowest BCUT2D eigenvalue weighted by molar-refractivity contribution is 0.102. The summed E-state index contributed by atoms with van der Waals surface area (Å²) in [6.07, 6.45) is 1.98. The van der Waals surface area contributed by atoms with E-state index in [1.807, 2.05) is 12.1 Å². The Bertz CT molecular complexity index is 1770. The van der Waals surface area contributed by atoms with Crippen LogP contribution in [0.25, 0.3) is 17.1 Å². The molecular formula is C28H27N7O6S. The lowest BCUT2D eigenvalue weighted by Gasteiger charge is -2.25. The fourth-order valence-electron chi connectivity index (χ4n) is 4.38. The Labute approximate surface area is 242 Å². The molecule has 0 amide bonds. The topological polar surface area (TPSA) is 174 Å². The number of para-hydroxylation sites is 1. The minimum atomic E-state index is -4.26. The number of pyridine rings is 1. The first-order valence-corrected chi connectivity index (χ1v) is 13.9. The number of nitrogens with one attached hydrogen (secondary N) is 1. The van der Waals surface area contributed by atoms with Crippen molar-refractivity contribution in [1.82, 2.24) is 19.7 Å². The van der Waals surface area contributed by atoms with Gasteiger partial charge >= 0.3 is 0 Å². The summed E-state index contributed by atoms with van der Waals surface area (Å²) >= 11 is 0. The van der Waals surface area contributed by atoms with Crippen molar-refractivity contribution in [1.29, 1.82) is 10.5 Å². The highest BCUT2D eigenvalue weighted by molar-refractivity contribution is 7.93. The highest BCUT2D eigenvalue weighted by atomic mass is 32.2. The first kappa shape index (κ1) is 29.8. The summed E-state index contributed by atoms with van der Waals surface area (Å²) in [4.78, 5) is 4.19. The number of methoxy groups -OCH3 is 4. The van der Waals surface area contributed by atoms with E-state index >= 15 is 0 Å². The van der Waals surface area contributed by atoms with Gasteiger partial charge in [-0.3, -0.25) is 14.3 Å². The summed E-state index contributed by atoms with van der Waals surface area (Å²) < 4.78 is 53.7. The number of benzene rings is 2. The molecule has 0 aliphatic heterocycles. The van der Waals surface area contributed by atoms with Crippen LogP contribution in [-0.4, -0.2) is 61.9 Å². The number of nitriles is 2. The Balaban J connectivity index is 1.86. The second kappa shape index (κ2) is 12.6. The van der Waals surface area contributed by atoms with E-state index in [2.05, 4.69) is 19.9 Å². The summed E-state index contributed by atoms with van der Waals surface area (Å²) in [6, 6.07) is 15.1. The van der Waals surface area contributed by atoms with Gasteiger partial charge in [0.25, 0.3) is 0 Å². The highest BCUT2D eigenvalue weighted by Crippen LogP contribution is 2.38. The smallest absolute Gasteiger partial charge is 0.243 e. The van der Waals surface area contributed by atoms with Crippen molar-refractivity contribution in [2.45, 2.75) is 18.3 Å². The molecule has 0 bridgehead atoms. The minimum Gasteiger partial charge on any atom is -0.495 e. The third kappa shape index (κ3) is 5.67. The summed E-state index contributed by atoms with van der Waals surface area (Å²) in [7, 11) is 1.51. The van der Waals surface area contributed by atoms with Crippen LogP contribution in [0.15, 0.2) is 54.9 Å². The molecule has 0 saturated carbocycles. The van der Waals surface area contributed by atoms with Crippen molar-refractivity contribution < 1.29 is 27.4 Å². The maximum absolute atomic E-state index is 13.8. The summed E-state index contributed by atoms with van der Waals surface area (Å²) in [5.41, 5.74) is 1.50. The van der Waals surface area contributed by atoms with Gasteiger partial charge in [0.05, 0.1) is 50.8 Å². The van der Waals surface area contributed by atoms with Gasteiger partial charge in [0, 0.05) is 18.9 Å². The first-order valence-electron chi connectivity index (χ1n) is 12.4. The van der Waals surface area contributed by atoms with E-state index < -0.39 is 21.4 Å². The maximum atomic E-state index is 13.8. The zero-order valence-corrected chi connectivity index (χ0v) is 24.2. The first-order chi connectivity index (χ1) is 20.2. The Morgan fingerprint density at radius 2 is 1.64 bits per heavy atom. The fourth-order valence-corrected chi connectivity index (χ4v) is 5.53. The molecule has 14 heteroatoms. The van der Waals surface area contributed by atoms with Gasteiger partial charge in [-0.2, -0.15) is 10.5 Å². The third-order valence-corrected chi connectivity index (χ3v) is 8.20. The van der Waals surface area contributed by atoms with Crippen LogP contribution >= 0.6 is 0 Å². The fraction of sp³-hybridized carbons (Fsp3) is 0.250. The molecule has 0 aliphatic carbocycles. The molecule has 2 atom stereocenters. The standard InChI is InChI=1S/C28H27N7O6S/c1-17(26(41-5)22-10-9-18(13-29)11-19(22)14-30)42(36,37)34-28-33-32-27(20-12-21(38-2)16-31-15-20)35(28)25-23(39-3)7-6-8-24(25)40-4/h6-12,15-17,26H,1-5H3,(H,33,34)/t17-,26-/m1/s1. The van der Waals surface area contributed by atoms with E-state index in [1.54, 1.807) is 24.3 Å². The zero-order valence-electron chi connectivity index (χ0n) is 23.4. The Kier molecular flexibility index (Phi) is 8.90. The van der Waals surface area contributed by atoms with E-state index in [4.69, 9.17) is 18.9 Å². The molecule has 0 saturated heterocycles. The number of sulfonamides is 1. The number of nitrogens with zero attached hydrogens (tertiary/aromatic N) is 6. The van der Waals surface area contributed by atoms with Crippen molar-refractivity contribution in [2.24, 2.45) is 0 Å². The third-order valence-electron chi connectivity index (χ3n) is 6.51. The quantitative estimate of drug-likeness (QED) is 0.270. The van der Waals surface area contributed by atoms with Gasteiger partial charge in [0.15, 0.2) is 5.82 Å². The van der Waals surface area contributed by atoms with Gasteiger partial charge < -0.3 is 18.9 Å². The zero-order chi connectivity index (χ0) is 30.4. The van der Waals surface area contributed by atoms with Gasteiger partial charge in [0.2, 0.25) is 16.0 Å². The molecule has 0 aliphatic rings. The van der Waals surface area contributed by atoms with Crippen molar-refractivity contribution >= 4 is 16.0 Å². The largest absolute Gasteiger partial charge is 0.495 e. The van der Waals surface area contributed by atoms with Gasteiger partial charge in [0.1, 0.15) is 34.3 Å². The molecular weight excluding hydrogens is 562 g/mol. The van der Waals surface area contributed by atoms with Crippen molar-refractivity contribution in [3.05, 3.63) is 71.5 Å². The molecule has 0 unspecified atom stereocenters. The molecule has 2 aromatic heterocycles. The number of hydrogen-bond donors (Lipinski definition) is 1. The van der Waals surface area contributed by atoms with Crippen molar-refractivity contribution in [3.8, 4) is 46.5 Å². The van der Waals surface area contributed by atoms with Gasteiger partial charge in [-0.1, -0.05) is 12.1 Å². The van der Waals surface area contributed by atoms with Crippen LogP contribution in [0.2, 0.25) is 0 Å². The Hall–Kier alpha value is -5.18. The summed E-state index contributed by atoms with van der Waals surface area (Å²) in [5, 5.41) is 26.1. The van der Waals surface area contributed by atoms with E-state index in [9.17, 15) is 18.9 Å². The van der Waals surface area contributed by atoms with Gasteiger partial charge in [-0.15, -0.1) is 10.2 Å². The molecule has 1 N–H and O–H groups in total. The number of hydrogen-bond acceptors (Lipinski definition) is 11. The summed E-state index contributed by atoms with van der Waals surface area (Å²) in [6.45, 7) is 1.44. The monoisotopic (exact) mass is 589 g/mol. The van der Waals surface area contributed by atoms with Crippen LogP contribution in [0.1, 0.15) is 29.7 Å². The molecule has 2 heterocycles. The van der Waals surface area contributed by atoms with E-state index in [0.29, 0.717) is 34.1 Å². The predicted molar refractivity (Wildman–Crippen MR) is 152 cm³/mol. The molecule has 13 nitrogen and oxygen atoms in total. The van der Waals surface area contributed by atoms with Crippen LogP contribution in [0, 0.1) is 22.7 Å². The number of ether oxygens (including phenoxy) is 4. The molecule has 0 radical (unpaired) electrons. The lowest BCUT2D eigenvalue weighted by Crippen LogP contribution is -2.33. The number of rotatable bonds is 11. The SMILES string of the molecule is COc1cncc(-c2nnc(NS(=O)(=O)[C@H](C)[C@@H](OC)c3ccc(C#N)cc3C#N)n2-c2c(OC)cccc2OC)c1. The minimum absolute atomic E-state index is 0.123. The van der Waals surface area contributed by atoms with Crippen LogP contribution in [0.5, 0.6) is 17.2 Å². The molecule has 2 aromatic carbocycles. The lowest BCUT2D eigenvalue weighted by atomic mass is 9.99. The van der Waals surface area contributed by atoms with Crippen LogP contribution in [0.3, 0.4) is 0 Å². The second-order valence-electron chi connectivity index (χ2n) is 8.84. The average molecular weight is 590 g/mol. The van der Waals surface area contributed by atoms with E-state index in [-0.39, 0.29) is 22.9 Å². The van der Waals surface area contributed by atoms with Crippen LogP contribution < -0.4 is 18.9 Å². The van der Waals surface area contributed by atoms with Gasteiger partial charge in [-0.05, 0) is 42.8 Å². The molecule has 4 rings (SSSR count). The summed E-state index contributed by atoms with van der Waals surface area (Å²) in [5.74, 6) is 1.20. The Morgan fingerprint density at radius 3 is 2.24 bits per heavy atom. The molecule has 0 fully saturated rings. The number of anilines is 1. The molecule has 42 heavy (non-hydrogen) atoms. The molecule has 216 valence electrons. The predicted octanol–water partition coefficient (Wildman–Crippen LogP) is 3.62. The molecule has 0 spiro atoms. The highest BCUT2D eigenvalue weighted by Gasteiger charge is 2.35. The Morgan fingerprint density at radius 1 is 0.929 bits per heavy atom. The van der Waals surface area contributed by atoms with Crippen LogP contribution in [0.4, 0.5) is 5.95 Å². The van der Waals surface area contributed by atoms with Crippen molar-refractivity contribution in [3.63, 3.8) is 0 Å². The average Bonchev–Trinajstić information content (AvgIpc) is 3.42. The normalized spacial score (nSPS) is 12.5. The van der Waals surface area contributed by atoms with E-state index in [0.717, 1.165) is 0 Å².